The van der Waals surface area contributed by atoms with Gasteiger partial charge in [0.1, 0.15) is 0 Å². The van der Waals surface area contributed by atoms with Crippen molar-refractivity contribution in [3.63, 3.8) is 0 Å². The van der Waals surface area contributed by atoms with Gasteiger partial charge in [-0.15, -0.1) is 0 Å². The number of ether oxygens (including phenoxy) is 1. The first-order chi connectivity index (χ1) is 12.3. The molecule has 0 aliphatic rings. The lowest BCUT2D eigenvalue weighted by Gasteiger charge is -2.22. The molecule has 2 aromatic heterocycles. The van der Waals surface area contributed by atoms with Crippen LogP contribution in [0.15, 0.2) is 54.9 Å². The molecule has 0 atom stereocenters. The monoisotopic (exact) mass is 355 g/mol. The van der Waals surface area contributed by atoms with Crippen LogP contribution in [0.3, 0.4) is 0 Å². The van der Waals surface area contributed by atoms with Crippen molar-refractivity contribution >= 4 is 22.5 Å². The molecule has 4 nitrogen and oxygen atoms in total. The van der Waals surface area contributed by atoms with Crippen LogP contribution in [-0.4, -0.2) is 35.1 Å². The van der Waals surface area contributed by atoms with Gasteiger partial charge in [0.25, 0.3) is 0 Å². The highest BCUT2D eigenvalue weighted by Crippen LogP contribution is 2.23. The Morgan fingerprint density at radius 1 is 1.04 bits per heavy atom. The fourth-order valence-electron chi connectivity index (χ4n) is 2.92. The summed E-state index contributed by atoms with van der Waals surface area (Å²) in [6.45, 7) is 3.31. The van der Waals surface area contributed by atoms with Crippen LogP contribution in [0.5, 0.6) is 0 Å². The van der Waals surface area contributed by atoms with Crippen molar-refractivity contribution in [3.05, 3.63) is 71.1 Å². The molecule has 0 amide bonds. The number of hydrogen-bond acceptors (Lipinski definition) is 4. The number of aromatic nitrogens is 2. The van der Waals surface area contributed by atoms with Crippen LogP contribution in [0.2, 0.25) is 5.02 Å². The van der Waals surface area contributed by atoms with Crippen LogP contribution in [0.25, 0.3) is 10.9 Å². The molecule has 0 unspecified atom stereocenters. The largest absolute Gasteiger partial charge is 0.385 e. The van der Waals surface area contributed by atoms with Crippen molar-refractivity contribution in [2.75, 3.05) is 20.3 Å². The number of nitrogens with zero attached hydrogens (tertiary/aromatic N) is 3. The Labute approximate surface area is 153 Å². The third-order valence-corrected chi connectivity index (χ3v) is 4.36. The molecule has 0 saturated carbocycles. The number of rotatable bonds is 8. The van der Waals surface area contributed by atoms with E-state index in [9.17, 15) is 0 Å². The summed E-state index contributed by atoms with van der Waals surface area (Å²) in [4.78, 5) is 11.3. The van der Waals surface area contributed by atoms with Gasteiger partial charge in [0, 0.05) is 56.2 Å². The fraction of sp³-hybridized carbons (Fsp3) is 0.300. The molecule has 25 heavy (non-hydrogen) atoms. The van der Waals surface area contributed by atoms with E-state index in [0.717, 1.165) is 54.3 Å². The number of benzene rings is 1. The van der Waals surface area contributed by atoms with Gasteiger partial charge in [-0.25, -0.2) is 0 Å². The average Bonchev–Trinajstić information content (AvgIpc) is 2.63. The second-order valence-corrected chi connectivity index (χ2v) is 6.45. The molecule has 0 aliphatic carbocycles. The first kappa shape index (κ1) is 17.8. The lowest BCUT2D eigenvalue weighted by atomic mass is 10.1. The van der Waals surface area contributed by atoms with Crippen molar-refractivity contribution in [2.45, 2.75) is 19.5 Å². The van der Waals surface area contributed by atoms with Gasteiger partial charge in [-0.2, -0.15) is 0 Å². The highest BCUT2D eigenvalue weighted by molar-refractivity contribution is 6.31. The molecule has 130 valence electrons. The van der Waals surface area contributed by atoms with Crippen LogP contribution < -0.4 is 0 Å². The van der Waals surface area contributed by atoms with E-state index in [1.807, 2.05) is 42.7 Å². The highest BCUT2D eigenvalue weighted by Gasteiger charge is 2.11. The third-order valence-electron chi connectivity index (χ3n) is 4.12. The van der Waals surface area contributed by atoms with E-state index in [-0.39, 0.29) is 0 Å². The van der Waals surface area contributed by atoms with Crippen LogP contribution in [-0.2, 0) is 17.8 Å². The van der Waals surface area contributed by atoms with Crippen LogP contribution >= 0.6 is 11.6 Å². The molecule has 0 fully saturated rings. The lowest BCUT2D eigenvalue weighted by Crippen LogP contribution is -2.25. The first-order valence-electron chi connectivity index (χ1n) is 8.40. The Morgan fingerprint density at radius 3 is 2.76 bits per heavy atom. The number of halogens is 1. The fourth-order valence-corrected chi connectivity index (χ4v) is 3.09. The van der Waals surface area contributed by atoms with Crippen LogP contribution in [0.4, 0.5) is 0 Å². The quantitative estimate of drug-likeness (QED) is 0.564. The van der Waals surface area contributed by atoms with E-state index < -0.39 is 0 Å². The third kappa shape index (κ3) is 4.98. The molecule has 1 aromatic carbocycles. The second-order valence-electron chi connectivity index (χ2n) is 6.01. The maximum absolute atomic E-state index is 6.19. The van der Waals surface area contributed by atoms with E-state index >= 15 is 0 Å². The van der Waals surface area contributed by atoms with Crippen molar-refractivity contribution < 1.29 is 4.74 Å². The summed E-state index contributed by atoms with van der Waals surface area (Å²) in [6, 6.07) is 13.9. The number of methoxy groups -OCH3 is 1. The molecular weight excluding hydrogens is 334 g/mol. The molecule has 0 aliphatic heterocycles. The van der Waals surface area contributed by atoms with E-state index in [1.165, 1.54) is 5.56 Å². The van der Waals surface area contributed by atoms with Crippen molar-refractivity contribution in [1.29, 1.82) is 0 Å². The first-order valence-corrected chi connectivity index (χ1v) is 8.78. The SMILES string of the molecule is COCCCN(Cc1ccccn1)Cc1ccnc2ccc(Cl)cc12. The van der Waals surface area contributed by atoms with Crippen molar-refractivity contribution in [2.24, 2.45) is 0 Å². The van der Waals surface area contributed by atoms with Crippen LogP contribution in [0, 0.1) is 0 Å². The van der Waals surface area contributed by atoms with Gasteiger partial charge in [0.15, 0.2) is 0 Å². The standard InChI is InChI=1S/C20H22ClN3O/c1-25-12-4-11-24(15-18-5-2-3-9-22-18)14-16-8-10-23-20-7-6-17(21)13-19(16)20/h2-3,5-10,13H,4,11-12,14-15H2,1H3. The van der Waals surface area contributed by atoms with Gasteiger partial charge in [-0.3, -0.25) is 14.9 Å². The molecule has 3 aromatic rings. The minimum Gasteiger partial charge on any atom is -0.385 e. The van der Waals surface area contributed by atoms with Gasteiger partial charge in [0.05, 0.1) is 11.2 Å². The Kier molecular flexibility index (Phi) is 6.34. The lowest BCUT2D eigenvalue weighted by molar-refractivity contribution is 0.166. The Bertz CT molecular complexity index is 810. The van der Waals surface area contributed by atoms with E-state index in [1.54, 1.807) is 7.11 Å². The zero-order valence-electron chi connectivity index (χ0n) is 14.4. The molecule has 0 bridgehead atoms. The summed E-state index contributed by atoms with van der Waals surface area (Å²) in [5, 5.41) is 1.84. The number of pyridine rings is 2. The van der Waals surface area contributed by atoms with E-state index in [2.05, 4.69) is 27.0 Å². The van der Waals surface area contributed by atoms with Gasteiger partial charge in [-0.1, -0.05) is 17.7 Å². The molecule has 3 rings (SSSR count). The Morgan fingerprint density at radius 2 is 1.96 bits per heavy atom. The van der Waals surface area contributed by atoms with Gasteiger partial charge in [-0.05, 0) is 48.4 Å². The normalized spacial score (nSPS) is 11.3. The average molecular weight is 356 g/mol. The maximum Gasteiger partial charge on any atom is 0.0706 e. The Hall–Kier alpha value is -2.01. The molecule has 5 heteroatoms. The predicted molar refractivity (Wildman–Crippen MR) is 102 cm³/mol. The summed E-state index contributed by atoms with van der Waals surface area (Å²) < 4.78 is 5.21. The topological polar surface area (TPSA) is 38.2 Å². The van der Waals surface area contributed by atoms with Gasteiger partial charge in [0.2, 0.25) is 0 Å². The second kappa shape index (κ2) is 8.90. The van der Waals surface area contributed by atoms with Crippen molar-refractivity contribution in [3.8, 4) is 0 Å². The number of fused-ring (bicyclic) bond motifs is 1. The summed E-state index contributed by atoms with van der Waals surface area (Å²) in [6.07, 6.45) is 4.68. The van der Waals surface area contributed by atoms with Crippen molar-refractivity contribution in [1.82, 2.24) is 14.9 Å². The molecule has 0 radical (unpaired) electrons. The van der Waals surface area contributed by atoms with Gasteiger partial charge < -0.3 is 4.74 Å². The molecular formula is C20H22ClN3O. The summed E-state index contributed by atoms with van der Waals surface area (Å²) in [5.41, 5.74) is 3.26. The maximum atomic E-state index is 6.19. The summed E-state index contributed by atoms with van der Waals surface area (Å²) in [7, 11) is 1.74. The minimum absolute atomic E-state index is 0.734. The van der Waals surface area contributed by atoms with E-state index in [0.29, 0.717) is 0 Å². The minimum atomic E-state index is 0.734. The van der Waals surface area contributed by atoms with E-state index in [4.69, 9.17) is 16.3 Å². The summed E-state index contributed by atoms with van der Waals surface area (Å²) in [5.74, 6) is 0. The smallest absolute Gasteiger partial charge is 0.0706 e. The van der Waals surface area contributed by atoms with Gasteiger partial charge >= 0.3 is 0 Å². The zero-order valence-corrected chi connectivity index (χ0v) is 15.1. The Balaban J connectivity index is 1.82. The van der Waals surface area contributed by atoms with Crippen LogP contribution in [0.1, 0.15) is 17.7 Å². The molecule has 0 spiro atoms. The number of hydrogen-bond donors (Lipinski definition) is 0. The predicted octanol–water partition coefficient (Wildman–Crippen LogP) is 4.32. The molecule has 0 saturated heterocycles. The zero-order chi connectivity index (χ0) is 17.5. The molecule has 0 N–H and O–H groups in total. The highest BCUT2D eigenvalue weighted by atomic mass is 35.5. The molecule has 2 heterocycles. The summed E-state index contributed by atoms with van der Waals surface area (Å²) >= 11 is 6.19.